The Morgan fingerprint density at radius 2 is 2.15 bits per heavy atom. The molecule has 26 heavy (non-hydrogen) atoms. The Labute approximate surface area is 154 Å². The van der Waals surface area contributed by atoms with Gasteiger partial charge >= 0.3 is 5.97 Å². The number of nitriles is 1. The van der Waals surface area contributed by atoms with Gasteiger partial charge < -0.3 is 19.7 Å². The van der Waals surface area contributed by atoms with E-state index in [-0.39, 0.29) is 5.56 Å². The van der Waals surface area contributed by atoms with Gasteiger partial charge in [0.1, 0.15) is 16.9 Å². The first-order valence-electron chi connectivity index (χ1n) is 7.90. The fraction of sp³-hybridized carbons (Fsp3) is 0.294. The predicted molar refractivity (Wildman–Crippen MR) is 95.2 cm³/mol. The fourth-order valence-corrected chi connectivity index (χ4v) is 3.11. The molecule has 1 aliphatic rings. The van der Waals surface area contributed by atoms with Crippen LogP contribution in [0, 0.1) is 11.3 Å². The van der Waals surface area contributed by atoms with E-state index >= 15 is 0 Å². The molecule has 0 aliphatic carbocycles. The molecule has 0 aromatic carbocycles. The second kappa shape index (κ2) is 8.42. The molecule has 1 amide bonds. The van der Waals surface area contributed by atoms with Gasteiger partial charge in [-0.2, -0.15) is 5.26 Å². The van der Waals surface area contributed by atoms with Crippen molar-refractivity contribution < 1.29 is 19.1 Å². The topological polar surface area (TPSA) is 105 Å². The van der Waals surface area contributed by atoms with Crippen LogP contribution in [-0.2, 0) is 14.3 Å². The van der Waals surface area contributed by atoms with Crippen molar-refractivity contribution in [3.05, 3.63) is 40.9 Å². The van der Waals surface area contributed by atoms with Crippen molar-refractivity contribution >= 4 is 34.0 Å². The first kappa shape index (κ1) is 17.8. The molecular weight excluding hydrogens is 356 g/mol. The van der Waals surface area contributed by atoms with E-state index in [9.17, 15) is 9.59 Å². The minimum absolute atomic E-state index is 0.267. The van der Waals surface area contributed by atoms with Gasteiger partial charge in [-0.25, -0.2) is 9.78 Å². The van der Waals surface area contributed by atoms with Gasteiger partial charge in [0, 0.05) is 19.3 Å². The summed E-state index contributed by atoms with van der Waals surface area (Å²) in [7, 11) is 0. The number of rotatable bonds is 5. The Kier molecular flexibility index (Phi) is 5.78. The molecular formula is C17H16N4O4S. The third kappa shape index (κ3) is 4.36. The minimum Gasteiger partial charge on any atom is -0.452 e. The summed E-state index contributed by atoms with van der Waals surface area (Å²) in [6, 6.07) is 6.94. The lowest BCUT2D eigenvalue weighted by atomic mass is 10.2. The Morgan fingerprint density at radius 3 is 2.85 bits per heavy atom. The lowest BCUT2D eigenvalue weighted by Crippen LogP contribution is -2.36. The van der Waals surface area contributed by atoms with Crippen LogP contribution in [0.4, 0.5) is 10.8 Å². The van der Waals surface area contributed by atoms with Crippen molar-refractivity contribution in [1.82, 2.24) is 4.98 Å². The molecule has 2 aromatic heterocycles. The average Bonchev–Trinajstić information content (AvgIpc) is 3.14. The van der Waals surface area contributed by atoms with Crippen molar-refractivity contribution in [2.75, 3.05) is 43.1 Å². The molecule has 0 spiro atoms. The van der Waals surface area contributed by atoms with E-state index in [0.717, 1.165) is 18.9 Å². The third-order valence-electron chi connectivity index (χ3n) is 3.69. The number of hydrogen-bond donors (Lipinski definition) is 1. The molecule has 0 bridgehead atoms. The van der Waals surface area contributed by atoms with Crippen LogP contribution in [0.25, 0.3) is 0 Å². The van der Waals surface area contributed by atoms with Crippen LogP contribution in [0.3, 0.4) is 0 Å². The van der Waals surface area contributed by atoms with Crippen LogP contribution < -0.4 is 10.2 Å². The van der Waals surface area contributed by atoms with Crippen LogP contribution in [0.2, 0.25) is 0 Å². The molecule has 3 heterocycles. The molecule has 3 rings (SSSR count). The smallest absolute Gasteiger partial charge is 0.340 e. The summed E-state index contributed by atoms with van der Waals surface area (Å²) < 4.78 is 10.3. The number of thiophene rings is 1. The largest absolute Gasteiger partial charge is 0.452 e. The highest BCUT2D eigenvalue weighted by atomic mass is 32.1. The van der Waals surface area contributed by atoms with Gasteiger partial charge in [-0.1, -0.05) is 0 Å². The number of amides is 1. The molecule has 8 nitrogen and oxygen atoms in total. The maximum absolute atomic E-state index is 12.0. The van der Waals surface area contributed by atoms with Crippen LogP contribution >= 0.6 is 11.3 Å². The zero-order valence-electron chi connectivity index (χ0n) is 13.8. The van der Waals surface area contributed by atoms with Gasteiger partial charge in [-0.05, 0) is 23.6 Å². The molecule has 0 radical (unpaired) electrons. The number of carbonyl (C=O) groups excluding carboxylic acids is 2. The normalized spacial score (nSPS) is 13.7. The zero-order chi connectivity index (χ0) is 18.4. The summed E-state index contributed by atoms with van der Waals surface area (Å²) in [5, 5.41) is 13.6. The van der Waals surface area contributed by atoms with Crippen LogP contribution in [0.5, 0.6) is 0 Å². The van der Waals surface area contributed by atoms with Crippen molar-refractivity contribution in [3.8, 4) is 6.07 Å². The monoisotopic (exact) mass is 372 g/mol. The lowest BCUT2D eigenvalue weighted by molar-refractivity contribution is -0.119. The molecule has 1 fully saturated rings. The summed E-state index contributed by atoms with van der Waals surface area (Å²) in [6.07, 6.45) is 1.43. The summed E-state index contributed by atoms with van der Waals surface area (Å²) >= 11 is 1.23. The second-order valence-corrected chi connectivity index (χ2v) is 6.32. The van der Waals surface area contributed by atoms with Crippen molar-refractivity contribution in [2.45, 2.75) is 0 Å². The highest BCUT2D eigenvalue weighted by Crippen LogP contribution is 2.22. The standard InChI is InChI=1S/C17H16N4O4S/c18-9-12-3-8-26-16(12)20-15(22)11-25-17(23)13-1-2-14(19-10-13)21-4-6-24-7-5-21/h1-3,8,10H,4-7,11H2,(H,20,22). The van der Waals surface area contributed by atoms with E-state index in [1.165, 1.54) is 17.5 Å². The quantitative estimate of drug-likeness (QED) is 0.796. The maximum Gasteiger partial charge on any atom is 0.340 e. The number of nitrogens with zero attached hydrogens (tertiary/aromatic N) is 3. The third-order valence-corrected chi connectivity index (χ3v) is 4.52. The number of carbonyl (C=O) groups is 2. The number of anilines is 2. The van der Waals surface area contributed by atoms with Crippen LogP contribution in [0.15, 0.2) is 29.8 Å². The SMILES string of the molecule is N#Cc1ccsc1NC(=O)COC(=O)c1ccc(N2CCOCC2)nc1. The highest BCUT2D eigenvalue weighted by molar-refractivity contribution is 7.14. The summed E-state index contributed by atoms with van der Waals surface area (Å²) in [5.41, 5.74) is 0.640. The second-order valence-electron chi connectivity index (χ2n) is 5.40. The number of morpholine rings is 1. The van der Waals surface area contributed by atoms with Crippen LogP contribution in [-0.4, -0.2) is 49.8 Å². The van der Waals surface area contributed by atoms with Gasteiger partial charge in [-0.15, -0.1) is 11.3 Å². The Balaban J connectivity index is 1.51. The van der Waals surface area contributed by atoms with Crippen molar-refractivity contribution in [3.63, 3.8) is 0 Å². The molecule has 0 atom stereocenters. The van der Waals surface area contributed by atoms with E-state index < -0.39 is 18.5 Å². The molecule has 2 aromatic rings. The number of aromatic nitrogens is 1. The number of hydrogen-bond acceptors (Lipinski definition) is 8. The number of nitrogens with one attached hydrogen (secondary N) is 1. The lowest BCUT2D eigenvalue weighted by Gasteiger charge is -2.27. The van der Waals surface area contributed by atoms with Gasteiger partial charge in [0.2, 0.25) is 0 Å². The molecule has 1 saturated heterocycles. The van der Waals surface area contributed by atoms with Gasteiger partial charge in [0.15, 0.2) is 6.61 Å². The Bertz CT molecular complexity index is 822. The van der Waals surface area contributed by atoms with Crippen molar-refractivity contribution in [2.24, 2.45) is 0 Å². The van der Waals surface area contributed by atoms with E-state index in [0.29, 0.717) is 23.8 Å². The average molecular weight is 372 g/mol. The van der Waals surface area contributed by atoms with Gasteiger partial charge in [0.05, 0.1) is 24.3 Å². The molecule has 0 unspecified atom stereocenters. The summed E-state index contributed by atoms with van der Waals surface area (Å²) in [6.45, 7) is 2.37. The van der Waals surface area contributed by atoms with E-state index in [1.54, 1.807) is 23.6 Å². The number of pyridine rings is 1. The Morgan fingerprint density at radius 1 is 1.35 bits per heavy atom. The van der Waals surface area contributed by atoms with E-state index in [1.807, 2.05) is 6.07 Å². The molecule has 134 valence electrons. The maximum atomic E-state index is 12.0. The highest BCUT2D eigenvalue weighted by Gasteiger charge is 2.15. The van der Waals surface area contributed by atoms with Crippen LogP contribution in [0.1, 0.15) is 15.9 Å². The Hall–Kier alpha value is -2.96. The van der Waals surface area contributed by atoms with E-state index in [2.05, 4.69) is 15.2 Å². The zero-order valence-corrected chi connectivity index (χ0v) is 14.6. The molecule has 1 aliphatic heterocycles. The molecule has 0 saturated carbocycles. The van der Waals surface area contributed by atoms with Crippen molar-refractivity contribution in [1.29, 1.82) is 5.26 Å². The number of ether oxygens (including phenoxy) is 2. The minimum atomic E-state index is -0.632. The fourth-order valence-electron chi connectivity index (χ4n) is 2.36. The molecule has 9 heteroatoms. The van der Waals surface area contributed by atoms with Gasteiger partial charge in [-0.3, -0.25) is 4.79 Å². The summed E-state index contributed by atoms with van der Waals surface area (Å²) in [5.74, 6) is -0.368. The van der Waals surface area contributed by atoms with E-state index in [4.69, 9.17) is 14.7 Å². The summed E-state index contributed by atoms with van der Waals surface area (Å²) in [4.78, 5) is 30.2. The number of esters is 1. The first-order chi connectivity index (χ1) is 12.7. The first-order valence-corrected chi connectivity index (χ1v) is 8.78. The predicted octanol–water partition coefficient (Wildman–Crippen LogP) is 1.65. The van der Waals surface area contributed by atoms with Gasteiger partial charge in [0.25, 0.3) is 5.91 Å². The molecule has 1 N–H and O–H groups in total.